The second-order valence-corrected chi connectivity index (χ2v) is 4.54. The van der Waals surface area contributed by atoms with Crippen molar-refractivity contribution in [1.29, 1.82) is 0 Å². The van der Waals surface area contributed by atoms with Crippen molar-refractivity contribution < 1.29 is 4.79 Å². The number of hydrogen-bond donors (Lipinski definition) is 0. The van der Waals surface area contributed by atoms with E-state index < -0.39 is 0 Å². The van der Waals surface area contributed by atoms with Gasteiger partial charge in [0.2, 0.25) is 0 Å². The summed E-state index contributed by atoms with van der Waals surface area (Å²) < 4.78 is 0. The Balaban J connectivity index is 0.00000169. The molecule has 80 valence electrons. The molecule has 0 unspecified atom stereocenters. The maximum Gasteiger partial charge on any atom is 0.142 e. The minimum Gasteiger partial charge on any atom is -0.299 e. The molecular weight excluding hydrogens is 172 g/mol. The molecule has 0 spiro atoms. The smallest absolute Gasteiger partial charge is 0.142 e. The number of allylic oxidation sites excluding steroid dienone is 4. The highest BCUT2D eigenvalue weighted by Gasteiger charge is 2.23. The Labute approximate surface area is 87.9 Å². The lowest BCUT2D eigenvalue weighted by Gasteiger charge is -2.31. The molecule has 1 nitrogen and oxygen atoms in total. The van der Waals surface area contributed by atoms with E-state index in [2.05, 4.69) is 19.9 Å². The SMILES string of the molecule is C.CC1(C)CCCC(=CC=CC=O)C1. The summed E-state index contributed by atoms with van der Waals surface area (Å²) in [5.74, 6) is 0. The van der Waals surface area contributed by atoms with E-state index in [0.29, 0.717) is 5.41 Å². The lowest BCUT2D eigenvalue weighted by molar-refractivity contribution is -0.104. The molecule has 0 N–H and O–H groups in total. The second kappa shape index (κ2) is 5.79. The molecule has 0 bridgehead atoms. The molecule has 1 rings (SSSR count). The first-order valence-electron chi connectivity index (χ1n) is 4.94. The van der Waals surface area contributed by atoms with Gasteiger partial charge >= 0.3 is 0 Å². The summed E-state index contributed by atoms with van der Waals surface area (Å²) in [4.78, 5) is 10.1. The third kappa shape index (κ3) is 4.40. The van der Waals surface area contributed by atoms with Gasteiger partial charge in [0.05, 0.1) is 0 Å². The van der Waals surface area contributed by atoms with E-state index in [9.17, 15) is 4.79 Å². The number of carbonyl (C=O) groups excluding carboxylic acids is 1. The van der Waals surface area contributed by atoms with Crippen LogP contribution in [0.2, 0.25) is 0 Å². The fourth-order valence-corrected chi connectivity index (χ4v) is 1.96. The molecule has 1 aliphatic rings. The fourth-order valence-electron chi connectivity index (χ4n) is 1.96. The Hall–Kier alpha value is -0.850. The van der Waals surface area contributed by atoms with Gasteiger partial charge in [0.15, 0.2) is 0 Å². The Morgan fingerprint density at radius 2 is 2.00 bits per heavy atom. The molecule has 0 aromatic carbocycles. The van der Waals surface area contributed by atoms with Gasteiger partial charge in [-0.2, -0.15) is 0 Å². The molecule has 0 radical (unpaired) electrons. The van der Waals surface area contributed by atoms with Crippen molar-refractivity contribution in [1.82, 2.24) is 0 Å². The molecule has 1 aliphatic carbocycles. The Morgan fingerprint density at radius 1 is 1.29 bits per heavy atom. The predicted molar refractivity (Wildman–Crippen MR) is 62.3 cm³/mol. The minimum absolute atomic E-state index is 0. The molecule has 14 heavy (non-hydrogen) atoms. The molecular formula is C13H22O. The summed E-state index contributed by atoms with van der Waals surface area (Å²) in [6.45, 7) is 4.62. The zero-order chi connectivity index (χ0) is 9.73. The normalized spacial score (nSPS) is 23.4. The molecule has 0 saturated heterocycles. The zero-order valence-corrected chi connectivity index (χ0v) is 8.55. The minimum atomic E-state index is 0. The van der Waals surface area contributed by atoms with Crippen LogP contribution < -0.4 is 0 Å². The quantitative estimate of drug-likeness (QED) is 0.481. The average molecular weight is 194 g/mol. The first-order valence-corrected chi connectivity index (χ1v) is 4.94. The van der Waals surface area contributed by atoms with Gasteiger partial charge in [-0.1, -0.05) is 39.0 Å². The molecule has 0 heterocycles. The molecule has 1 heteroatoms. The molecule has 0 aromatic rings. The Kier molecular flexibility index (Phi) is 5.44. The summed E-state index contributed by atoms with van der Waals surface area (Å²) in [7, 11) is 0. The van der Waals surface area contributed by atoms with Crippen LogP contribution in [0, 0.1) is 5.41 Å². The predicted octanol–water partition coefficient (Wildman–Crippen LogP) is 3.90. The molecule has 0 aromatic heterocycles. The summed E-state index contributed by atoms with van der Waals surface area (Å²) in [6, 6.07) is 0. The van der Waals surface area contributed by atoms with E-state index in [4.69, 9.17) is 0 Å². The number of hydrogen-bond acceptors (Lipinski definition) is 1. The maximum atomic E-state index is 10.1. The van der Waals surface area contributed by atoms with Crippen LogP contribution in [-0.4, -0.2) is 6.29 Å². The van der Waals surface area contributed by atoms with Crippen molar-refractivity contribution >= 4 is 6.29 Å². The fraction of sp³-hybridized carbons (Fsp3) is 0.615. The zero-order valence-electron chi connectivity index (χ0n) is 8.55. The molecule has 1 fully saturated rings. The summed E-state index contributed by atoms with van der Waals surface area (Å²) in [5.41, 5.74) is 1.94. The first kappa shape index (κ1) is 13.2. The first-order chi connectivity index (χ1) is 6.14. The lowest BCUT2D eigenvalue weighted by atomic mass is 9.75. The van der Waals surface area contributed by atoms with Crippen LogP contribution in [0.15, 0.2) is 23.8 Å². The van der Waals surface area contributed by atoms with E-state index in [1.165, 1.54) is 31.3 Å². The van der Waals surface area contributed by atoms with E-state index in [1.807, 2.05) is 6.08 Å². The van der Waals surface area contributed by atoms with Gasteiger partial charge in [0.1, 0.15) is 6.29 Å². The van der Waals surface area contributed by atoms with E-state index >= 15 is 0 Å². The van der Waals surface area contributed by atoms with Crippen LogP contribution >= 0.6 is 0 Å². The third-order valence-electron chi connectivity index (χ3n) is 2.58. The van der Waals surface area contributed by atoms with Crippen LogP contribution in [0.1, 0.15) is 47.0 Å². The molecule has 1 saturated carbocycles. The molecule has 0 aliphatic heterocycles. The van der Waals surface area contributed by atoms with Crippen LogP contribution in [0.25, 0.3) is 0 Å². The van der Waals surface area contributed by atoms with E-state index in [0.717, 1.165) is 6.29 Å². The monoisotopic (exact) mass is 194 g/mol. The van der Waals surface area contributed by atoms with Crippen LogP contribution in [0.4, 0.5) is 0 Å². The third-order valence-corrected chi connectivity index (χ3v) is 2.58. The largest absolute Gasteiger partial charge is 0.299 e. The van der Waals surface area contributed by atoms with Crippen LogP contribution in [0.3, 0.4) is 0 Å². The highest BCUT2D eigenvalue weighted by atomic mass is 16.1. The summed E-state index contributed by atoms with van der Waals surface area (Å²) in [6.07, 6.45) is 11.3. The number of rotatable bonds is 2. The lowest BCUT2D eigenvalue weighted by Crippen LogP contribution is -2.16. The van der Waals surface area contributed by atoms with Crippen molar-refractivity contribution in [3.8, 4) is 0 Å². The van der Waals surface area contributed by atoms with Crippen molar-refractivity contribution in [3.63, 3.8) is 0 Å². The van der Waals surface area contributed by atoms with Gasteiger partial charge in [0.25, 0.3) is 0 Å². The summed E-state index contributed by atoms with van der Waals surface area (Å²) >= 11 is 0. The number of carbonyl (C=O) groups is 1. The van der Waals surface area contributed by atoms with Gasteiger partial charge in [-0.3, -0.25) is 4.79 Å². The molecule has 0 atom stereocenters. The topological polar surface area (TPSA) is 17.1 Å². The van der Waals surface area contributed by atoms with Crippen LogP contribution in [-0.2, 0) is 4.79 Å². The van der Waals surface area contributed by atoms with Crippen molar-refractivity contribution in [3.05, 3.63) is 23.8 Å². The maximum absolute atomic E-state index is 10.1. The highest BCUT2D eigenvalue weighted by molar-refractivity contribution is 5.65. The van der Waals surface area contributed by atoms with Crippen molar-refractivity contribution in [2.75, 3.05) is 0 Å². The van der Waals surface area contributed by atoms with Gasteiger partial charge in [-0.05, 0) is 37.2 Å². The van der Waals surface area contributed by atoms with Crippen molar-refractivity contribution in [2.24, 2.45) is 5.41 Å². The van der Waals surface area contributed by atoms with Gasteiger partial charge in [0, 0.05) is 0 Å². The second-order valence-electron chi connectivity index (χ2n) is 4.54. The van der Waals surface area contributed by atoms with Gasteiger partial charge in [-0.25, -0.2) is 0 Å². The van der Waals surface area contributed by atoms with Crippen molar-refractivity contribution in [2.45, 2.75) is 47.0 Å². The van der Waals surface area contributed by atoms with Gasteiger partial charge in [-0.15, -0.1) is 0 Å². The van der Waals surface area contributed by atoms with Gasteiger partial charge < -0.3 is 0 Å². The summed E-state index contributed by atoms with van der Waals surface area (Å²) in [5, 5.41) is 0. The molecule has 0 amide bonds. The Bertz CT molecular complexity index is 234. The highest BCUT2D eigenvalue weighted by Crippen LogP contribution is 2.37. The van der Waals surface area contributed by atoms with E-state index in [-0.39, 0.29) is 7.43 Å². The van der Waals surface area contributed by atoms with Crippen LogP contribution in [0.5, 0.6) is 0 Å². The number of aldehydes is 1. The Morgan fingerprint density at radius 3 is 2.57 bits per heavy atom. The van der Waals surface area contributed by atoms with E-state index in [1.54, 1.807) is 6.08 Å². The average Bonchev–Trinajstić information content (AvgIpc) is 2.03. The standard InChI is InChI=1S/C12H18O.CH4/c1-12(2)8-5-7-11(10-12)6-3-4-9-13;/h3-4,6,9H,5,7-8,10H2,1-2H3;1H4.